The number of hydrogen-bond donors (Lipinski definition) is 0. The topological polar surface area (TPSA) is 38.8 Å². The predicted molar refractivity (Wildman–Crippen MR) is 67.4 cm³/mol. The number of nitrogens with zero attached hydrogens (tertiary/aromatic N) is 1. The van der Waals surface area contributed by atoms with Crippen molar-refractivity contribution in [2.45, 2.75) is 63.6 Å². The number of ether oxygens (including phenoxy) is 2. The van der Waals surface area contributed by atoms with E-state index in [0.29, 0.717) is 19.1 Å². The maximum Gasteiger partial charge on any atom is 0.410 e. The minimum Gasteiger partial charge on any atom is -0.443 e. The van der Waals surface area contributed by atoms with Gasteiger partial charge < -0.3 is 9.47 Å². The number of rotatable bonds is 1. The van der Waals surface area contributed by atoms with Crippen LogP contribution in [0.5, 0.6) is 0 Å². The number of morpholine rings is 1. The zero-order chi connectivity index (χ0) is 12.8. The van der Waals surface area contributed by atoms with Crippen molar-refractivity contribution in [3.05, 3.63) is 0 Å². The van der Waals surface area contributed by atoms with Crippen molar-refractivity contribution in [2.24, 2.45) is 5.92 Å². The van der Waals surface area contributed by atoms with Gasteiger partial charge in [-0.15, -0.1) is 0 Å². The Morgan fingerprint density at radius 3 is 2.39 bits per heavy atom. The van der Waals surface area contributed by atoms with Crippen LogP contribution in [0.3, 0.4) is 0 Å². The molecule has 3 rings (SSSR count). The molecule has 1 amide bonds. The highest BCUT2D eigenvalue weighted by molar-refractivity contribution is 5.69. The van der Waals surface area contributed by atoms with Gasteiger partial charge in [0.15, 0.2) is 0 Å². The Labute approximate surface area is 109 Å². The van der Waals surface area contributed by atoms with E-state index in [-0.39, 0.29) is 23.8 Å². The van der Waals surface area contributed by atoms with Crippen LogP contribution in [0, 0.1) is 5.92 Å². The Kier molecular flexibility index (Phi) is 3.00. The molecule has 2 heterocycles. The standard InChI is InChI=1S/C14H23NO3/c1-10-6-11-8-17-9-12(7-10)15(11)13(16)18-14(2)4-3-5-14/h10-12H,3-9H2,1-2H3. The van der Waals surface area contributed by atoms with Gasteiger partial charge in [0.1, 0.15) is 5.60 Å². The number of fused-ring (bicyclic) bond motifs is 2. The molecule has 0 spiro atoms. The molecule has 2 saturated heterocycles. The Balaban J connectivity index is 1.68. The third-order valence-corrected chi connectivity index (χ3v) is 4.71. The fourth-order valence-corrected chi connectivity index (χ4v) is 3.53. The molecule has 2 atom stereocenters. The summed E-state index contributed by atoms with van der Waals surface area (Å²) in [4.78, 5) is 14.3. The molecule has 2 bridgehead atoms. The number of piperidine rings is 1. The monoisotopic (exact) mass is 253 g/mol. The second-order valence-corrected chi connectivity index (χ2v) is 6.50. The first-order chi connectivity index (χ1) is 8.57. The van der Waals surface area contributed by atoms with Crippen molar-refractivity contribution in [3.63, 3.8) is 0 Å². The van der Waals surface area contributed by atoms with Gasteiger partial charge in [0.2, 0.25) is 0 Å². The van der Waals surface area contributed by atoms with Crippen LogP contribution < -0.4 is 0 Å². The molecule has 18 heavy (non-hydrogen) atoms. The van der Waals surface area contributed by atoms with Crippen molar-refractivity contribution in [1.82, 2.24) is 4.90 Å². The van der Waals surface area contributed by atoms with Crippen molar-refractivity contribution in [2.75, 3.05) is 13.2 Å². The molecular weight excluding hydrogens is 230 g/mol. The van der Waals surface area contributed by atoms with Crippen LogP contribution in [-0.2, 0) is 9.47 Å². The first-order valence-electron chi connectivity index (χ1n) is 7.16. The average molecular weight is 253 g/mol. The van der Waals surface area contributed by atoms with E-state index in [0.717, 1.165) is 25.7 Å². The largest absolute Gasteiger partial charge is 0.443 e. The minimum atomic E-state index is -0.199. The zero-order valence-electron chi connectivity index (χ0n) is 11.4. The summed E-state index contributed by atoms with van der Waals surface area (Å²) in [5.41, 5.74) is -0.199. The van der Waals surface area contributed by atoms with Gasteiger partial charge in [0, 0.05) is 0 Å². The summed E-state index contributed by atoms with van der Waals surface area (Å²) in [5, 5.41) is 0. The van der Waals surface area contributed by atoms with Gasteiger partial charge in [0.25, 0.3) is 0 Å². The lowest BCUT2D eigenvalue weighted by Gasteiger charge is -2.49. The van der Waals surface area contributed by atoms with Crippen LogP contribution in [-0.4, -0.2) is 41.9 Å². The average Bonchev–Trinajstić information content (AvgIpc) is 2.25. The summed E-state index contributed by atoms with van der Waals surface area (Å²) in [6.07, 6.45) is 5.17. The normalized spacial score (nSPS) is 37.9. The van der Waals surface area contributed by atoms with Gasteiger partial charge in [-0.25, -0.2) is 4.79 Å². The third-order valence-electron chi connectivity index (χ3n) is 4.71. The molecule has 1 aliphatic carbocycles. The Bertz CT molecular complexity index is 326. The predicted octanol–water partition coefficient (Wildman–Crippen LogP) is 2.56. The van der Waals surface area contributed by atoms with E-state index >= 15 is 0 Å². The summed E-state index contributed by atoms with van der Waals surface area (Å²) >= 11 is 0. The first kappa shape index (κ1) is 12.3. The fourth-order valence-electron chi connectivity index (χ4n) is 3.53. The summed E-state index contributed by atoms with van der Waals surface area (Å²) in [6.45, 7) is 5.66. The highest BCUT2D eigenvalue weighted by atomic mass is 16.6. The van der Waals surface area contributed by atoms with Crippen molar-refractivity contribution in [1.29, 1.82) is 0 Å². The van der Waals surface area contributed by atoms with Crippen LogP contribution >= 0.6 is 0 Å². The quantitative estimate of drug-likeness (QED) is 0.721. The molecule has 0 N–H and O–H groups in total. The van der Waals surface area contributed by atoms with Gasteiger partial charge in [0.05, 0.1) is 25.3 Å². The van der Waals surface area contributed by atoms with E-state index in [1.165, 1.54) is 6.42 Å². The SMILES string of the molecule is CC1CC2COCC(C1)N2C(=O)OC1(C)CCC1. The van der Waals surface area contributed by atoms with Gasteiger partial charge in [-0.2, -0.15) is 0 Å². The fraction of sp³-hybridized carbons (Fsp3) is 0.929. The molecule has 0 aromatic heterocycles. The summed E-state index contributed by atoms with van der Waals surface area (Å²) in [5.74, 6) is 0.687. The second kappa shape index (κ2) is 4.41. The van der Waals surface area contributed by atoms with Crippen molar-refractivity contribution < 1.29 is 14.3 Å². The van der Waals surface area contributed by atoms with Crippen LogP contribution in [0.1, 0.15) is 46.0 Å². The molecule has 2 aliphatic heterocycles. The van der Waals surface area contributed by atoms with E-state index in [1.54, 1.807) is 0 Å². The Morgan fingerprint density at radius 2 is 1.89 bits per heavy atom. The second-order valence-electron chi connectivity index (χ2n) is 6.50. The maximum absolute atomic E-state index is 12.4. The van der Waals surface area contributed by atoms with Crippen molar-refractivity contribution in [3.8, 4) is 0 Å². The molecule has 3 fully saturated rings. The number of amides is 1. The highest BCUT2D eigenvalue weighted by Gasteiger charge is 2.44. The lowest BCUT2D eigenvalue weighted by atomic mass is 9.82. The number of hydrogen-bond acceptors (Lipinski definition) is 3. The van der Waals surface area contributed by atoms with E-state index in [9.17, 15) is 4.79 Å². The maximum atomic E-state index is 12.4. The smallest absolute Gasteiger partial charge is 0.410 e. The molecule has 4 heteroatoms. The Hall–Kier alpha value is -0.770. The van der Waals surface area contributed by atoms with Crippen LogP contribution in [0.4, 0.5) is 4.79 Å². The molecule has 102 valence electrons. The highest BCUT2D eigenvalue weighted by Crippen LogP contribution is 2.37. The van der Waals surface area contributed by atoms with Gasteiger partial charge >= 0.3 is 6.09 Å². The van der Waals surface area contributed by atoms with Gasteiger partial charge in [-0.3, -0.25) is 4.90 Å². The molecule has 4 nitrogen and oxygen atoms in total. The van der Waals surface area contributed by atoms with Crippen molar-refractivity contribution >= 4 is 6.09 Å². The Morgan fingerprint density at radius 1 is 1.28 bits per heavy atom. The molecule has 2 unspecified atom stereocenters. The van der Waals surface area contributed by atoms with E-state index in [2.05, 4.69) is 6.92 Å². The van der Waals surface area contributed by atoms with E-state index in [4.69, 9.17) is 9.47 Å². The van der Waals surface area contributed by atoms with Crippen LogP contribution in [0.2, 0.25) is 0 Å². The molecule has 0 radical (unpaired) electrons. The van der Waals surface area contributed by atoms with E-state index in [1.807, 2.05) is 11.8 Å². The minimum absolute atomic E-state index is 0.109. The zero-order valence-corrected chi connectivity index (χ0v) is 11.4. The lowest BCUT2D eigenvalue weighted by Crippen LogP contribution is -2.60. The molecule has 0 aromatic rings. The summed E-state index contributed by atoms with van der Waals surface area (Å²) in [6, 6.07) is 0.451. The summed E-state index contributed by atoms with van der Waals surface area (Å²) < 4.78 is 11.3. The van der Waals surface area contributed by atoms with Crippen LogP contribution in [0.15, 0.2) is 0 Å². The van der Waals surface area contributed by atoms with Crippen LogP contribution in [0.25, 0.3) is 0 Å². The number of carbonyl (C=O) groups excluding carboxylic acids is 1. The summed E-state index contributed by atoms with van der Waals surface area (Å²) in [7, 11) is 0. The molecule has 3 aliphatic rings. The van der Waals surface area contributed by atoms with Gasteiger partial charge in [-0.05, 0) is 44.9 Å². The van der Waals surface area contributed by atoms with Gasteiger partial charge in [-0.1, -0.05) is 6.92 Å². The third kappa shape index (κ3) is 2.11. The molecule has 1 saturated carbocycles. The first-order valence-corrected chi connectivity index (χ1v) is 7.16. The molecular formula is C14H23NO3. The lowest BCUT2D eigenvalue weighted by molar-refractivity contribution is -0.105. The molecule has 0 aromatic carbocycles. The van der Waals surface area contributed by atoms with E-state index < -0.39 is 0 Å². The number of carbonyl (C=O) groups is 1.